The van der Waals surface area contributed by atoms with Crippen molar-refractivity contribution in [2.45, 2.75) is 78.0 Å². The number of rotatable bonds is 13. The van der Waals surface area contributed by atoms with Gasteiger partial charge in [0.25, 0.3) is 0 Å². The van der Waals surface area contributed by atoms with Gasteiger partial charge in [0.05, 0.1) is 6.04 Å². The maximum absolute atomic E-state index is 12.6. The molecule has 0 bridgehead atoms. The smallest absolute Gasteiger partial charge is 0.326 e. The monoisotopic (exact) mass is 430 g/mol. The van der Waals surface area contributed by atoms with E-state index in [2.05, 4.69) is 16.0 Å². The highest BCUT2D eigenvalue weighted by Gasteiger charge is 2.32. The molecule has 0 spiro atoms. The molecule has 11 nitrogen and oxygen atoms in total. The van der Waals surface area contributed by atoms with E-state index in [4.69, 9.17) is 10.8 Å². The summed E-state index contributed by atoms with van der Waals surface area (Å²) in [4.78, 5) is 59.1. The van der Waals surface area contributed by atoms with Gasteiger partial charge < -0.3 is 31.9 Å². The van der Waals surface area contributed by atoms with E-state index in [1.54, 1.807) is 20.8 Å². The SMILES string of the molecule is CC[C@H](C)[C@H](NC(=O)[C@H](C)NC(=O)[C@@H](N)CCC(=O)O)C(=O)N[C@H](C(=O)O)C(C)C. The molecule has 0 saturated carbocycles. The second-order valence-corrected chi connectivity index (χ2v) is 7.71. The number of aliphatic carboxylic acids is 2. The summed E-state index contributed by atoms with van der Waals surface area (Å²) in [6.07, 6.45) is 0.170. The van der Waals surface area contributed by atoms with Crippen LogP contribution < -0.4 is 21.7 Å². The van der Waals surface area contributed by atoms with E-state index in [-0.39, 0.29) is 24.7 Å². The number of carboxylic acid groups (broad SMARTS) is 2. The molecule has 0 aliphatic heterocycles. The van der Waals surface area contributed by atoms with Gasteiger partial charge >= 0.3 is 11.9 Å². The van der Waals surface area contributed by atoms with Crippen molar-refractivity contribution in [2.75, 3.05) is 0 Å². The lowest BCUT2D eigenvalue weighted by molar-refractivity contribution is -0.144. The van der Waals surface area contributed by atoms with E-state index >= 15 is 0 Å². The largest absolute Gasteiger partial charge is 0.481 e. The van der Waals surface area contributed by atoms with Crippen molar-refractivity contribution in [3.8, 4) is 0 Å². The molecular weight excluding hydrogens is 396 g/mol. The molecule has 0 radical (unpaired) electrons. The van der Waals surface area contributed by atoms with E-state index in [9.17, 15) is 29.1 Å². The predicted molar refractivity (Wildman–Crippen MR) is 108 cm³/mol. The van der Waals surface area contributed by atoms with Crippen molar-refractivity contribution in [1.82, 2.24) is 16.0 Å². The van der Waals surface area contributed by atoms with Crippen LogP contribution in [0.1, 0.15) is 53.9 Å². The third kappa shape index (κ3) is 9.21. The minimum atomic E-state index is -1.18. The van der Waals surface area contributed by atoms with Gasteiger partial charge in [-0.3, -0.25) is 19.2 Å². The summed E-state index contributed by atoms with van der Waals surface area (Å²) in [7, 11) is 0. The lowest BCUT2D eigenvalue weighted by atomic mass is 9.96. The Morgan fingerprint density at radius 2 is 1.37 bits per heavy atom. The van der Waals surface area contributed by atoms with Gasteiger partial charge in [0, 0.05) is 6.42 Å². The maximum Gasteiger partial charge on any atom is 0.326 e. The molecule has 0 heterocycles. The first-order valence-corrected chi connectivity index (χ1v) is 9.93. The lowest BCUT2D eigenvalue weighted by Gasteiger charge is -2.28. The average molecular weight is 431 g/mol. The number of carbonyl (C=O) groups is 5. The van der Waals surface area contributed by atoms with Gasteiger partial charge in [-0.05, 0) is 25.2 Å². The van der Waals surface area contributed by atoms with Crippen LogP contribution in [-0.2, 0) is 24.0 Å². The van der Waals surface area contributed by atoms with E-state index in [1.807, 2.05) is 6.92 Å². The van der Waals surface area contributed by atoms with Crippen LogP contribution in [0, 0.1) is 11.8 Å². The lowest BCUT2D eigenvalue weighted by Crippen LogP contribution is -2.58. The molecule has 0 rings (SSSR count). The zero-order valence-corrected chi connectivity index (χ0v) is 18.1. The van der Waals surface area contributed by atoms with Crippen molar-refractivity contribution >= 4 is 29.7 Å². The molecule has 0 aromatic carbocycles. The first kappa shape index (κ1) is 27.3. The van der Waals surface area contributed by atoms with Gasteiger partial charge in [0.1, 0.15) is 18.1 Å². The third-order valence-corrected chi connectivity index (χ3v) is 4.78. The molecule has 0 aliphatic carbocycles. The van der Waals surface area contributed by atoms with Gasteiger partial charge in [0.15, 0.2) is 0 Å². The highest BCUT2D eigenvalue weighted by molar-refractivity contribution is 5.94. The first-order valence-electron chi connectivity index (χ1n) is 9.93. The second-order valence-electron chi connectivity index (χ2n) is 7.71. The summed E-state index contributed by atoms with van der Waals surface area (Å²) in [5.74, 6) is -4.88. The van der Waals surface area contributed by atoms with Crippen molar-refractivity contribution < 1.29 is 34.2 Å². The van der Waals surface area contributed by atoms with Crippen molar-refractivity contribution in [2.24, 2.45) is 17.6 Å². The molecule has 0 aliphatic rings. The molecule has 0 unspecified atom stereocenters. The number of amides is 3. The van der Waals surface area contributed by atoms with Crippen LogP contribution in [0.4, 0.5) is 0 Å². The molecule has 0 saturated heterocycles. The van der Waals surface area contributed by atoms with Crippen molar-refractivity contribution in [1.29, 1.82) is 0 Å². The Hall–Kier alpha value is -2.69. The van der Waals surface area contributed by atoms with Crippen LogP contribution in [0.25, 0.3) is 0 Å². The van der Waals surface area contributed by atoms with Crippen LogP contribution >= 0.6 is 0 Å². The van der Waals surface area contributed by atoms with Gasteiger partial charge in [-0.1, -0.05) is 34.1 Å². The van der Waals surface area contributed by atoms with E-state index in [0.29, 0.717) is 6.42 Å². The van der Waals surface area contributed by atoms with Crippen LogP contribution in [-0.4, -0.2) is 64.0 Å². The second kappa shape index (κ2) is 12.8. The Kier molecular flexibility index (Phi) is 11.6. The minimum Gasteiger partial charge on any atom is -0.481 e. The molecule has 3 amide bonds. The normalized spacial score (nSPS) is 16.0. The van der Waals surface area contributed by atoms with Gasteiger partial charge in [-0.2, -0.15) is 0 Å². The molecular formula is C19H34N4O7. The summed E-state index contributed by atoms with van der Waals surface area (Å²) in [6.45, 7) is 8.26. The predicted octanol–water partition coefficient (Wildman–Crippen LogP) is -0.560. The quantitative estimate of drug-likeness (QED) is 0.224. The minimum absolute atomic E-state index is 0.0841. The fourth-order valence-electron chi connectivity index (χ4n) is 2.53. The Morgan fingerprint density at radius 1 is 0.833 bits per heavy atom. The van der Waals surface area contributed by atoms with Gasteiger partial charge in [-0.25, -0.2) is 4.79 Å². The van der Waals surface area contributed by atoms with Gasteiger partial charge in [-0.15, -0.1) is 0 Å². The van der Waals surface area contributed by atoms with Crippen LogP contribution in [0.15, 0.2) is 0 Å². The fraction of sp³-hybridized carbons (Fsp3) is 0.737. The standard InChI is InChI=1S/C19H34N4O7/c1-6-10(4)15(18(28)22-14(9(2)3)19(29)30)23-16(26)11(5)21-17(27)12(20)7-8-13(24)25/h9-12,14-15H,6-8,20H2,1-5H3,(H,21,27)(H,22,28)(H,23,26)(H,24,25)(H,29,30)/t10-,11-,12-,14-,15-/m0/s1. The number of nitrogens with two attached hydrogens (primary N) is 1. The molecule has 11 heteroatoms. The van der Waals surface area contributed by atoms with Crippen LogP contribution in [0.3, 0.4) is 0 Å². The maximum atomic E-state index is 12.6. The Labute approximate surface area is 176 Å². The van der Waals surface area contributed by atoms with Crippen LogP contribution in [0.5, 0.6) is 0 Å². The average Bonchev–Trinajstić information content (AvgIpc) is 2.66. The molecule has 30 heavy (non-hydrogen) atoms. The molecule has 172 valence electrons. The summed E-state index contributed by atoms with van der Waals surface area (Å²) in [6, 6.07) is -4.23. The molecule has 7 N–H and O–H groups in total. The molecule has 5 atom stereocenters. The number of nitrogens with one attached hydrogen (secondary N) is 3. The van der Waals surface area contributed by atoms with Crippen LogP contribution in [0.2, 0.25) is 0 Å². The zero-order chi connectivity index (χ0) is 23.6. The summed E-state index contributed by atoms with van der Waals surface area (Å²) in [5.41, 5.74) is 5.62. The van der Waals surface area contributed by atoms with E-state index in [0.717, 1.165) is 0 Å². The third-order valence-electron chi connectivity index (χ3n) is 4.78. The highest BCUT2D eigenvalue weighted by Crippen LogP contribution is 2.10. The fourth-order valence-corrected chi connectivity index (χ4v) is 2.53. The Morgan fingerprint density at radius 3 is 1.80 bits per heavy atom. The van der Waals surface area contributed by atoms with Crippen molar-refractivity contribution in [3.05, 3.63) is 0 Å². The number of carbonyl (C=O) groups excluding carboxylic acids is 3. The summed E-state index contributed by atoms with van der Waals surface area (Å²) in [5, 5.41) is 25.3. The number of hydrogen-bond acceptors (Lipinski definition) is 6. The zero-order valence-electron chi connectivity index (χ0n) is 18.1. The van der Waals surface area contributed by atoms with E-state index in [1.165, 1.54) is 6.92 Å². The number of carboxylic acids is 2. The summed E-state index contributed by atoms with van der Waals surface area (Å²) >= 11 is 0. The van der Waals surface area contributed by atoms with E-state index < -0.39 is 53.8 Å². The van der Waals surface area contributed by atoms with Crippen molar-refractivity contribution in [3.63, 3.8) is 0 Å². The molecule has 0 fully saturated rings. The Bertz CT molecular complexity index is 638. The molecule has 0 aromatic rings. The highest BCUT2D eigenvalue weighted by atomic mass is 16.4. The first-order chi connectivity index (χ1) is 13.8. The Balaban J connectivity index is 5.09. The number of hydrogen-bond donors (Lipinski definition) is 6. The van der Waals surface area contributed by atoms with Gasteiger partial charge in [0.2, 0.25) is 17.7 Å². The topological polar surface area (TPSA) is 188 Å². The summed E-state index contributed by atoms with van der Waals surface area (Å²) < 4.78 is 0. The molecule has 0 aromatic heterocycles.